The number of carboxylic acid groups (broad SMARTS) is 1. The molecule has 0 aliphatic rings. The van der Waals surface area contributed by atoms with Gasteiger partial charge in [0.1, 0.15) is 5.82 Å². The van der Waals surface area contributed by atoms with Crippen LogP contribution in [0.2, 0.25) is 0 Å². The molecule has 5 nitrogen and oxygen atoms in total. The minimum absolute atomic E-state index is 0.342. The van der Waals surface area contributed by atoms with Gasteiger partial charge in [-0.2, -0.15) is 0 Å². The van der Waals surface area contributed by atoms with E-state index in [4.69, 9.17) is 5.11 Å². The highest BCUT2D eigenvalue weighted by Gasteiger charge is 2.05. The summed E-state index contributed by atoms with van der Waals surface area (Å²) in [7, 11) is 0. The maximum absolute atomic E-state index is 10.4. The fourth-order valence-electron chi connectivity index (χ4n) is 2.40. The topological polar surface area (TPSA) is 78.0 Å². The Morgan fingerprint density at radius 1 is 1.00 bits per heavy atom. The number of carbonyl (C=O) groups is 1. The first-order chi connectivity index (χ1) is 11.2. The zero-order valence-corrected chi connectivity index (χ0v) is 12.5. The minimum Gasteiger partial charge on any atom is -0.465 e. The first-order valence-corrected chi connectivity index (χ1v) is 7.39. The largest absolute Gasteiger partial charge is 0.465 e. The number of aromatic nitrogens is 2. The molecule has 1 amide bonds. The highest BCUT2D eigenvalue weighted by Crippen LogP contribution is 2.23. The molecule has 0 saturated carbocycles. The van der Waals surface area contributed by atoms with E-state index in [1.54, 1.807) is 6.20 Å². The Balaban J connectivity index is 1.70. The van der Waals surface area contributed by atoms with Gasteiger partial charge in [-0.3, -0.25) is 0 Å². The van der Waals surface area contributed by atoms with E-state index in [0.29, 0.717) is 13.0 Å². The lowest BCUT2D eigenvalue weighted by atomic mass is 10.0. The molecular weight excluding hydrogens is 290 g/mol. The van der Waals surface area contributed by atoms with Gasteiger partial charge >= 0.3 is 6.09 Å². The van der Waals surface area contributed by atoms with Crippen LogP contribution < -0.4 is 5.32 Å². The summed E-state index contributed by atoms with van der Waals surface area (Å²) in [5.41, 5.74) is 4.33. The highest BCUT2D eigenvalue weighted by atomic mass is 16.4. The van der Waals surface area contributed by atoms with E-state index in [-0.39, 0.29) is 0 Å². The van der Waals surface area contributed by atoms with Crippen molar-refractivity contribution < 1.29 is 9.90 Å². The van der Waals surface area contributed by atoms with E-state index in [1.807, 2.05) is 18.2 Å². The first-order valence-electron chi connectivity index (χ1n) is 7.39. The average molecular weight is 307 g/mol. The van der Waals surface area contributed by atoms with Crippen LogP contribution in [0.25, 0.3) is 22.4 Å². The Bertz CT molecular complexity index is 780. The number of nitrogens with zero attached hydrogens (tertiary/aromatic N) is 1. The van der Waals surface area contributed by atoms with Crippen LogP contribution >= 0.6 is 0 Å². The molecule has 3 aromatic rings. The number of hydrogen-bond donors (Lipinski definition) is 3. The molecule has 3 rings (SSSR count). The first kappa shape index (κ1) is 14.8. The van der Waals surface area contributed by atoms with Crippen molar-refractivity contribution in [3.8, 4) is 22.4 Å². The molecule has 0 unspecified atom stereocenters. The molecule has 3 N–H and O–H groups in total. The average Bonchev–Trinajstić information content (AvgIpc) is 3.04. The van der Waals surface area contributed by atoms with E-state index in [2.05, 4.69) is 51.7 Å². The van der Waals surface area contributed by atoms with E-state index >= 15 is 0 Å². The van der Waals surface area contributed by atoms with Crippen molar-refractivity contribution in [1.82, 2.24) is 15.3 Å². The molecule has 1 heterocycles. The van der Waals surface area contributed by atoms with Crippen molar-refractivity contribution in [3.63, 3.8) is 0 Å². The Morgan fingerprint density at radius 2 is 1.65 bits per heavy atom. The number of rotatable bonds is 5. The highest BCUT2D eigenvalue weighted by molar-refractivity contribution is 5.68. The number of imidazole rings is 1. The van der Waals surface area contributed by atoms with Crippen LogP contribution in [-0.2, 0) is 6.42 Å². The zero-order valence-electron chi connectivity index (χ0n) is 12.5. The Kier molecular flexibility index (Phi) is 4.38. The van der Waals surface area contributed by atoms with Crippen LogP contribution in [0.3, 0.4) is 0 Å². The summed E-state index contributed by atoms with van der Waals surface area (Å²) in [4.78, 5) is 17.9. The van der Waals surface area contributed by atoms with E-state index < -0.39 is 6.09 Å². The van der Waals surface area contributed by atoms with Gasteiger partial charge in [-0.25, -0.2) is 9.78 Å². The summed E-state index contributed by atoms with van der Waals surface area (Å²) in [6.45, 7) is 0.342. The molecule has 0 aliphatic carbocycles. The molecule has 1 aromatic heterocycles. The van der Waals surface area contributed by atoms with Crippen LogP contribution in [0, 0.1) is 0 Å². The molecule has 23 heavy (non-hydrogen) atoms. The molecule has 0 bridgehead atoms. The standard InChI is InChI=1S/C18H17N3O2/c22-18(23)19-11-10-17-20-12-16(21-17)15-8-6-14(7-9-15)13-4-2-1-3-5-13/h1-9,12,19H,10-11H2,(H,20,21)(H,22,23). The van der Waals surface area contributed by atoms with Gasteiger partial charge < -0.3 is 15.4 Å². The monoisotopic (exact) mass is 307 g/mol. The lowest BCUT2D eigenvalue weighted by Gasteiger charge is -2.03. The molecular formula is C18H17N3O2. The number of aromatic amines is 1. The predicted molar refractivity (Wildman–Crippen MR) is 89.2 cm³/mol. The van der Waals surface area contributed by atoms with Crippen molar-refractivity contribution in [3.05, 3.63) is 66.6 Å². The third kappa shape index (κ3) is 3.77. The number of amides is 1. The maximum atomic E-state index is 10.4. The normalized spacial score (nSPS) is 10.4. The molecule has 0 saturated heterocycles. The number of hydrogen-bond acceptors (Lipinski definition) is 2. The lowest BCUT2D eigenvalue weighted by molar-refractivity contribution is 0.194. The summed E-state index contributed by atoms with van der Waals surface area (Å²) in [5, 5.41) is 10.9. The van der Waals surface area contributed by atoms with Crippen LogP contribution in [-0.4, -0.2) is 27.7 Å². The third-order valence-electron chi connectivity index (χ3n) is 3.57. The Morgan fingerprint density at radius 3 is 2.35 bits per heavy atom. The Labute approximate surface area is 134 Å². The van der Waals surface area contributed by atoms with Gasteiger partial charge in [0.25, 0.3) is 0 Å². The van der Waals surface area contributed by atoms with Crippen molar-refractivity contribution in [1.29, 1.82) is 0 Å². The van der Waals surface area contributed by atoms with Crippen molar-refractivity contribution in [2.45, 2.75) is 6.42 Å². The SMILES string of the molecule is O=C(O)NCCc1ncc(-c2ccc(-c3ccccc3)cc2)[nH]1. The molecule has 0 aliphatic heterocycles. The summed E-state index contributed by atoms with van der Waals surface area (Å²) in [6, 6.07) is 18.5. The summed E-state index contributed by atoms with van der Waals surface area (Å²) in [5.74, 6) is 0.765. The quantitative estimate of drug-likeness (QED) is 0.674. The summed E-state index contributed by atoms with van der Waals surface area (Å²) in [6.07, 6.45) is 1.29. The van der Waals surface area contributed by atoms with Crippen molar-refractivity contribution >= 4 is 6.09 Å². The van der Waals surface area contributed by atoms with Gasteiger partial charge in [-0.15, -0.1) is 0 Å². The molecule has 5 heteroatoms. The predicted octanol–water partition coefficient (Wildman–Crippen LogP) is 3.55. The van der Waals surface area contributed by atoms with Gasteiger partial charge in [-0.05, 0) is 16.7 Å². The smallest absolute Gasteiger partial charge is 0.404 e. The van der Waals surface area contributed by atoms with Crippen molar-refractivity contribution in [2.75, 3.05) is 6.54 Å². The molecule has 0 atom stereocenters. The number of nitrogens with one attached hydrogen (secondary N) is 2. The van der Waals surface area contributed by atoms with E-state index in [1.165, 1.54) is 11.1 Å². The summed E-state index contributed by atoms with van der Waals surface area (Å²) < 4.78 is 0. The fraction of sp³-hybridized carbons (Fsp3) is 0.111. The molecule has 116 valence electrons. The van der Waals surface area contributed by atoms with Crippen LogP contribution in [0.4, 0.5) is 4.79 Å². The second-order valence-corrected chi connectivity index (χ2v) is 5.17. The van der Waals surface area contributed by atoms with Gasteiger partial charge in [0.2, 0.25) is 0 Å². The number of benzene rings is 2. The van der Waals surface area contributed by atoms with E-state index in [9.17, 15) is 4.79 Å². The second-order valence-electron chi connectivity index (χ2n) is 5.17. The Hall–Kier alpha value is -3.08. The second kappa shape index (κ2) is 6.79. The molecule has 0 radical (unpaired) electrons. The molecule has 0 fully saturated rings. The lowest BCUT2D eigenvalue weighted by Crippen LogP contribution is -2.23. The summed E-state index contributed by atoms with van der Waals surface area (Å²) >= 11 is 0. The number of H-pyrrole nitrogens is 1. The molecule has 2 aromatic carbocycles. The van der Waals surface area contributed by atoms with Crippen molar-refractivity contribution in [2.24, 2.45) is 0 Å². The maximum Gasteiger partial charge on any atom is 0.404 e. The van der Waals surface area contributed by atoms with Gasteiger partial charge in [-0.1, -0.05) is 54.6 Å². The van der Waals surface area contributed by atoms with Crippen LogP contribution in [0.5, 0.6) is 0 Å². The van der Waals surface area contributed by atoms with Gasteiger partial charge in [0.05, 0.1) is 11.9 Å². The zero-order chi connectivity index (χ0) is 16.1. The van der Waals surface area contributed by atoms with Crippen LogP contribution in [0.1, 0.15) is 5.82 Å². The van der Waals surface area contributed by atoms with Gasteiger partial charge in [0.15, 0.2) is 0 Å². The van der Waals surface area contributed by atoms with E-state index in [0.717, 1.165) is 17.1 Å². The fourth-order valence-corrected chi connectivity index (χ4v) is 2.40. The minimum atomic E-state index is -1.02. The van der Waals surface area contributed by atoms with Crippen LogP contribution in [0.15, 0.2) is 60.8 Å². The van der Waals surface area contributed by atoms with Gasteiger partial charge in [0, 0.05) is 13.0 Å². The molecule has 0 spiro atoms. The third-order valence-corrected chi connectivity index (χ3v) is 3.57.